The van der Waals surface area contributed by atoms with E-state index in [2.05, 4.69) is 17.1 Å². The molecule has 0 unspecified atom stereocenters. The molecule has 0 fully saturated rings. The monoisotopic (exact) mass is 148 g/mol. The summed E-state index contributed by atoms with van der Waals surface area (Å²) >= 11 is 0. The Morgan fingerprint density at radius 3 is 3.27 bits per heavy atom. The zero-order valence-electron chi connectivity index (χ0n) is 6.25. The third kappa shape index (κ3) is 1.00. The fourth-order valence-corrected chi connectivity index (χ4v) is 1.38. The van der Waals surface area contributed by atoms with Crippen LogP contribution in [0.4, 0.5) is 5.82 Å². The molecule has 2 nitrogen and oxygen atoms in total. The van der Waals surface area contributed by atoms with E-state index < -0.39 is 0 Å². The molecule has 0 aromatic carbocycles. The van der Waals surface area contributed by atoms with Gasteiger partial charge in [0.05, 0.1) is 0 Å². The molecule has 2 N–H and O–H groups in total. The van der Waals surface area contributed by atoms with Crippen LogP contribution in [0.2, 0.25) is 0 Å². The van der Waals surface area contributed by atoms with Gasteiger partial charge in [-0.25, -0.2) is 4.98 Å². The van der Waals surface area contributed by atoms with Crippen LogP contribution in [0.15, 0.2) is 18.3 Å². The zero-order chi connectivity index (χ0) is 7.68. The molecule has 2 rings (SSSR count). The highest BCUT2D eigenvalue weighted by molar-refractivity contribution is 5.65. The predicted molar refractivity (Wildman–Crippen MR) is 48.1 cm³/mol. The van der Waals surface area contributed by atoms with E-state index in [1.807, 2.05) is 6.07 Å². The minimum atomic E-state index is 0. The zero-order valence-corrected chi connectivity index (χ0v) is 6.25. The Hall–Kier alpha value is -1.31. The standard InChI is InChI=1S/C9H10N2.H2/c10-9-8-4-2-1-3-7(8)5-6-11-9;/h2,4-6H,1,3H2,(H2,10,11);1H. The average Bonchev–Trinajstić information content (AvgIpc) is 2.06. The minimum Gasteiger partial charge on any atom is -0.383 e. The van der Waals surface area contributed by atoms with E-state index in [0.717, 1.165) is 18.4 Å². The van der Waals surface area contributed by atoms with Crippen LogP contribution in [0.3, 0.4) is 0 Å². The lowest BCUT2D eigenvalue weighted by Gasteiger charge is -2.10. The maximum atomic E-state index is 5.68. The third-order valence-electron chi connectivity index (χ3n) is 1.98. The number of allylic oxidation sites excluding steroid dienone is 1. The lowest BCUT2D eigenvalue weighted by Crippen LogP contribution is -2.00. The highest BCUT2D eigenvalue weighted by Gasteiger charge is 2.06. The summed E-state index contributed by atoms with van der Waals surface area (Å²) in [7, 11) is 0. The van der Waals surface area contributed by atoms with Crippen molar-refractivity contribution in [1.29, 1.82) is 0 Å². The highest BCUT2D eigenvalue weighted by atomic mass is 14.8. The topological polar surface area (TPSA) is 38.9 Å². The van der Waals surface area contributed by atoms with Crippen LogP contribution >= 0.6 is 0 Å². The predicted octanol–water partition coefficient (Wildman–Crippen LogP) is 1.87. The second-order valence-corrected chi connectivity index (χ2v) is 2.71. The van der Waals surface area contributed by atoms with Gasteiger partial charge in [-0.2, -0.15) is 0 Å². The van der Waals surface area contributed by atoms with Crippen LogP contribution in [-0.2, 0) is 6.42 Å². The van der Waals surface area contributed by atoms with Crippen molar-refractivity contribution in [2.45, 2.75) is 12.8 Å². The molecule has 1 aliphatic carbocycles. The SMILES string of the molecule is Nc1nccc2c1C=CCC2.[HH]. The van der Waals surface area contributed by atoms with Crippen molar-refractivity contribution in [3.05, 3.63) is 29.5 Å². The van der Waals surface area contributed by atoms with Crippen molar-refractivity contribution in [3.63, 3.8) is 0 Å². The van der Waals surface area contributed by atoms with Gasteiger partial charge in [0.15, 0.2) is 0 Å². The largest absolute Gasteiger partial charge is 0.383 e. The molecule has 58 valence electrons. The van der Waals surface area contributed by atoms with E-state index in [0.29, 0.717) is 5.82 Å². The summed E-state index contributed by atoms with van der Waals surface area (Å²) in [4.78, 5) is 4.02. The van der Waals surface area contributed by atoms with Gasteiger partial charge in [0.25, 0.3) is 0 Å². The van der Waals surface area contributed by atoms with Crippen molar-refractivity contribution in [2.75, 3.05) is 5.73 Å². The number of hydrogen-bond acceptors (Lipinski definition) is 2. The molecule has 0 spiro atoms. The van der Waals surface area contributed by atoms with E-state index in [4.69, 9.17) is 5.73 Å². The van der Waals surface area contributed by atoms with Crippen molar-refractivity contribution in [1.82, 2.24) is 4.98 Å². The molecule has 0 bridgehead atoms. The van der Waals surface area contributed by atoms with Gasteiger partial charge in [0.1, 0.15) is 5.82 Å². The van der Waals surface area contributed by atoms with E-state index in [9.17, 15) is 0 Å². The summed E-state index contributed by atoms with van der Waals surface area (Å²) in [6.07, 6.45) is 8.18. The molecule has 0 radical (unpaired) electrons. The summed E-state index contributed by atoms with van der Waals surface area (Å²) in [5, 5.41) is 0. The van der Waals surface area contributed by atoms with Gasteiger partial charge in [-0.15, -0.1) is 0 Å². The second-order valence-electron chi connectivity index (χ2n) is 2.71. The first-order valence-electron chi connectivity index (χ1n) is 3.78. The van der Waals surface area contributed by atoms with Crippen molar-refractivity contribution < 1.29 is 1.43 Å². The van der Waals surface area contributed by atoms with Gasteiger partial charge in [-0.1, -0.05) is 12.2 Å². The molecule has 0 atom stereocenters. The highest BCUT2D eigenvalue weighted by Crippen LogP contribution is 2.21. The first kappa shape index (κ1) is 6.40. The fraction of sp³-hybridized carbons (Fsp3) is 0.222. The molecule has 0 saturated carbocycles. The number of hydrogen-bond donors (Lipinski definition) is 1. The van der Waals surface area contributed by atoms with Crippen LogP contribution in [0, 0.1) is 0 Å². The van der Waals surface area contributed by atoms with Crippen molar-refractivity contribution in [3.8, 4) is 0 Å². The molecule has 1 aromatic rings. The number of anilines is 1. The molecule has 0 amide bonds. The second kappa shape index (κ2) is 2.38. The van der Waals surface area contributed by atoms with E-state index >= 15 is 0 Å². The van der Waals surface area contributed by atoms with Gasteiger partial charge in [-0.05, 0) is 24.5 Å². The normalized spacial score (nSPS) is 14.5. The Morgan fingerprint density at radius 2 is 2.45 bits per heavy atom. The summed E-state index contributed by atoms with van der Waals surface area (Å²) in [6, 6.07) is 2.04. The van der Waals surface area contributed by atoms with E-state index in [1.165, 1.54) is 5.56 Å². The van der Waals surface area contributed by atoms with Gasteiger partial charge in [-0.3, -0.25) is 0 Å². The molecule has 1 aliphatic rings. The summed E-state index contributed by atoms with van der Waals surface area (Å²) in [5.74, 6) is 0.651. The van der Waals surface area contributed by atoms with Crippen molar-refractivity contribution >= 4 is 11.9 Å². The maximum Gasteiger partial charge on any atom is 0.130 e. The maximum absolute atomic E-state index is 5.68. The van der Waals surface area contributed by atoms with Crippen molar-refractivity contribution in [2.24, 2.45) is 0 Å². The Bertz CT molecular complexity index is 307. The minimum absolute atomic E-state index is 0. The Morgan fingerprint density at radius 1 is 1.55 bits per heavy atom. The Kier molecular flexibility index (Phi) is 1.39. The van der Waals surface area contributed by atoms with E-state index in [1.54, 1.807) is 6.20 Å². The molecule has 2 heteroatoms. The number of nitrogens with two attached hydrogens (primary N) is 1. The number of nitrogens with zero attached hydrogens (tertiary/aromatic N) is 1. The van der Waals surface area contributed by atoms with Crippen LogP contribution in [0.1, 0.15) is 19.0 Å². The summed E-state index contributed by atoms with van der Waals surface area (Å²) in [6.45, 7) is 0. The van der Waals surface area contributed by atoms with Gasteiger partial charge in [0, 0.05) is 13.2 Å². The quantitative estimate of drug-likeness (QED) is 0.610. The smallest absolute Gasteiger partial charge is 0.130 e. The molecule has 0 aliphatic heterocycles. The molecule has 11 heavy (non-hydrogen) atoms. The molecule has 0 saturated heterocycles. The number of nitrogen functional groups attached to an aromatic ring is 1. The van der Waals surface area contributed by atoms with Crippen LogP contribution < -0.4 is 5.73 Å². The van der Waals surface area contributed by atoms with Gasteiger partial charge < -0.3 is 5.73 Å². The lowest BCUT2D eigenvalue weighted by atomic mass is 9.99. The first-order valence-corrected chi connectivity index (χ1v) is 3.78. The number of fused-ring (bicyclic) bond motifs is 1. The third-order valence-corrected chi connectivity index (χ3v) is 1.98. The summed E-state index contributed by atoms with van der Waals surface area (Å²) < 4.78 is 0. The van der Waals surface area contributed by atoms with Gasteiger partial charge in [0.2, 0.25) is 0 Å². The molecular formula is C9H12N2. The van der Waals surface area contributed by atoms with Crippen LogP contribution in [0.25, 0.3) is 6.08 Å². The molecule has 1 aromatic heterocycles. The molecule has 1 heterocycles. The average molecular weight is 148 g/mol. The lowest BCUT2D eigenvalue weighted by molar-refractivity contribution is 0.979. The Labute approximate surface area is 67.2 Å². The first-order chi connectivity index (χ1) is 5.38. The van der Waals surface area contributed by atoms with Crippen LogP contribution in [-0.4, -0.2) is 4.98 Å². The number of pyridine rings is 1. The number of aromatic nitrogens is 1. The summed E-state index contributed by atoms with van der Waals surface area (Å²) in [5.41, 5.74) is 8.11. The number of aryl methyl sites for hydroxylation is 1. The van der Waals surface area contributed by atoms with Crippen LogP contribution in [0.5, 0.6) is 0 Å². The number of rotatable bonds is 0. The Balaban J connectivity index is 0.000000720. The fourth-order valence-electron chi connectivity index (χ4n) is 1.38. The molecular weight excluding hydrogens is 136 g/mol. The van der Waals surface area contributed by atoms with E-state index in [-0.39, 0.29) is 1.43 Å². The van der Waals surface area contributed by atoms with Gasteiger partial charge >= 0.3 is 0 Å².